The monoisotopic (exact) mass is 251 g/mol. The minimum atomic E-state index is 0.772. The van der Waals surface area contributed by atoms with Crippen LogP contribution in [0.1, 0.15) is 25.7 Å². The van der Waals surface area contributed by atoms with E-state index in [4.69, 9.17) is 4.74 Å². The van der Waals surface area contributed by atoms with Gasteiger partial charge in [-0.15, -0.1) is 11.8 Å². The molecule has 1 aliphatic rings. The van der Waals surface area contributed by atoms with Gasteiger partial charge in [-0.3, -0.25) is 0 Å². The van der Waals surface area contributed by atoms with Crippen molar-refractivity contribution in [2.75, 3.05) is 19.4 Å². The topological polar surface area (TPSA) is 21.3 Å². The lowest BCUT2D eigenvalue weighted by Crippen LogP contribution is -2.28. The second-order valence-corrected chi connectivity index (χ2v) is 5.57. The van der Waals surface area contributed by atoms with E-state index in [9.17, 15) is 0 Å². The van der Waals surface area contributed by atoms with Crippen molar-refractivity contribution in [3.63, 3.8) is 0 Å². The Kier molecular flexibility index (Phi) is 5.20. The van der Waals surface area contributed by atoms with Crippen molar-refractivity contribution in [2.24, 2.45) is 0 Å². The molecule has 2 nitrogen and oxygen atoms in total. The Morgan fingerprint density at radius 1 is 1.29 bits per heavy atom. The minimum Gasteiger partial charge on any atom is -0.496 e. The molecule has 94 valence electrons. The van der Waals surface area contributed by atoms with Crippen molar-refractivity contribution < 1.29 is 4.74 Å². The second kappa shape index (κ2) is 6.92. The van der Waals surface area contributed by atoms with Gasteiger partial charge < -0.3 is 10.1 Å². The Morgan fingerprint density at radius 3 is 2.82 bits per heavy atom. The third-order valence-electron chi connectivity index (χ3n) is 3.22. The van der Waals surface area contributed by atoms with Gasteiger partial charge in [-0.05, 0) is 25.0 Å². The highest BCUT2D eigenvalue weighted by atomic mass is 32.2. The van der Waals surface area contributed by atoms with E-state index in [1.807, 2.05) is 23.9 Å². The van der Waals surface area contributed by atoms with Crippen LogP contribution in [-0.2, 0) is 0 Å². The fraction of sp³-hybridized carbons (Fsp3) is 0.571. The molecule has 0 aromatic heterocycles. The maximum atomic E-state index is 5.33. The van der Waals surface area contributed by atoms with Gasteiger partial charge in [0.2, 0.25) is 0 Å². The molecule has 0 radical (unpaired) electrons. The summed E-state index contributed by atoms with van der Waals surface area (Å²) >= 11 is 1.87. The lowest BCUT2D eigenvalue weighted by Gasteiger charge is -2.12. The Balaban J connectivity index is 1.70. The molecular weight excluding hydrogens is 230 g/mol. The summed E-state index contributed by atoms with van der Waals surface area (Å²) in [5.41, 5.74) is 0. The number of hydrogen-bond acceptors (Lipinski definition) is 3. The van der Waals surface area contributed by atoms with Crippen molar-refractivity contribution >= 4 is 11.8 Å². The Morgan fingerprint density at radius 2 is 2.06 bits per heavy atom. The largest absolute Gasteiger partial charge is 0.496 e. The number of para-hydroxylation sites is 1. The lowest BCUT2D eigenvalue weighted by atomic mass is 10.2. The third kappa shape index (κ3) is 3.93. The first-order valence-electron chi connectivity index (χ1n) is 6.39. The van der Waals surface area contributed by atoms with Crippen molar-refractivity contribution in [1.82, 2.24) is 5.32 Å². The van der Waals surface area contributed by atoms with Crippen LogP contribution in [0.25, 0.3) is 0 Å². The third-order valence-corrected chi connectivity index (χ3v) is 4.27. The normalized spacial score (nSPS) is 16.3. The number of rotatable bonds is 6. The lowest BCUT2D eigenvalue weighted by molar-refractivity contribution is 0.405. The highest BCUT2D eigenvalue weighted by Crippen LogP contribution is 2.28. The van der Waals surface area contributed by atoms with Crippen molar-refractivity contribution in [1.29, 1.82) is 0 Å². The molecule has 0 heterocycles. The molecule has 1 aliphatic carbocycles. The first-order valence-corrected chi connectivity index (χ1v) is 7.38. The van der Waals surface area contributed by atoms with Gasteiger partial charge in [-0.2, -0.15) is 0 Å². The fourth-order valence-electron chi connectivity index (χ4n) is 2.29. The SMILES string of the molecule is COc1ccccc1SCCNC1CCCC1. The van der Waals surface area contributed by atoms with Gasteiger partial charge >= 0.3 is 0 Å². The van der Waals surface area contributed by atoms with Crippen LogP contribution in [0.3, 0.4) is 0 Å². The zero-order chi connectivity index (χ0) is 11.9. The van der Waals surface area contributed by atoms with E-state index >= 15 is 0 Å². The van der Waals surface area contributed by atoms with Crippen molar-refractivity contribution in [3.05, 3.63) is 24.3 Å². The fourth-order valence-corrected chi connectivity index (χ4v) is 3.20. The molecule has 1 N–H and O–H groups in total. The van der Waals surface area contributed by atoms with Gasteiger partial charge in [-0.1, -0.05) is 25.0 Å². The number of benzene rings is 1. The summed E-state index contributed by atoms with van der Waals surface area (Å²) in [6, 6.07) is 8.99. The van der Waals surface area contributed by atoms with E-state index in [1.165, 1.54) is 30.6 Å². The van der Waals surface area contributed by atoms with Crippen LogP contribution in [0.2, 0.25) is 0 Å². The van der Waals surface area contributed by atoms with E-state index < -0.39 is 0 Å². The van der Waals surface area contributed by atoms with Gasteiger partial charge in [0.25, 0.3) is 0 Å². The summed E-state index contributed by atoms with van der Waals surface area (Å²) in [5, 5.41) is 3.63. The zero-order valence-electron chi connectivity index (χ0n) is 10.4. The molecule has 2 rings (SSSR count). The summed E-state index contributed by atoms with van der Waals surface area (Å²) in [6.07, 6.45) is 5.52. The van der Waals surface area contributed by atoms with Gasteiger partial charge in [0.15, 0.2) is 0 Å². The van der Waals surface area contributed by atoms with Crippen LogP contribution in [0.5, 0.6) is 5.75 Å². The molecule has 17 heavy (non-hydrogen) atoms. The minimum absolute atomic E-state index is 0.772. The first kappa shape index (κ1) is 12.8. The van der Waals surface area contributed by atoms with Crippen LogP contribution >= 0.6 is 11.8 Å². The molecule has 0 atom stereocenters. The molecule has 0 saturated heterocycles. The molecule has 1 saturated carbocycles. The number of thioether (sulfide) groups is 1. The molecule has 0 bridgehead atoms. The Labute approximate surface area is 108 Å². The molecule has 0 unspecified atom stereocenters. The van der Waals surface area contributed by atoms with E-state index in [2.05, 4.69) is 17.4 Å². The molecule has 1 aromatic carbocycles. The highest BCUT2D eigenvalue weighted by molar-refractivity contribution is 7.99. The average Bonchev–Trinajstić information content (AvgIpc) is 2.88. The first-order chi connectivity index (χ1) is 8.40. The van der Waals surface area contributed by atoms with Crippen LogP contribution in [0.4, 0.5) is 0 Å². The summed E-state index contributed by atoms with van der Waals surface area (Å²) in [5.74, 6) is 2.09. The van der Waals surface area contributed by atoms with E-state index in [0.717, 1.165) is 24.1 Å². The van der Waals surface area contributed by atoms with E-state index in [-0.39, 0.29) is 0 Å². The number of nitrogens with one attached hydrogen (secondary N) is 1. The zero-order valence-corrected chi connectivity index (χ0v) is 11.3. The summed E-state index contributed by atoms with van der Waals surface area (Å²) in [6.45, 7) is 1.09. The van der Waals surface area contributed by atoms with E-state index in [0.29, 0.717) is 0 Å². The van der Waals surface area contributed by atoms with Gasteiger partial charge in [0, 0.05) is 23.2 Å². The number of methoxy groups -OCH3 is 1. The second-order valence-electron chi connectivity index (χ2n) is 4.43. The van der Waals surface area contributed by atoms with Crippen molar-refractivity contribution in [2.45, 2.75) is 36.6 Å². The van der Waals surface area contributed by atoms with E-state index in [1.54, 1.807) is 7.11 Å². The van der Waals surface area contributed by atoms with Crippen LogP contribution in [-0.4, -0.2) is 25.4 Å². The predicted molar refractivity (Wildman–Crippen MR) is 74.0 cm³/mol. The smallest absolute Gasteiger partial charge is 0.132 e. The average molecular weight is 251 g/mol. The molecule has 1 fully saturated rings. The Hall–Kier alpha value is -0.670. The maximum absolute atomic E-state index is 5.33. The molecular formula is C14H21NOS. The van der Waals surface area contributed by atoms with Gasteiger partial charge in [0.05, 0.1) is 7.11 Å². The molecule has 1 aromatic rings. The van der Waals surface area contributed by atoms with Crippen LogP contribution < -0.4 is 10.1 Å². The predicted octanol–water partition coefficient (Wildman–Crippen LogP) is 3.32. The standard InChI is InChI=1S/C14H21NOS/c1-16-13-8-4-5-9-14(13)17-11-10-15-12-6-2-3-7-12/h4-5,8-9,12,15H,2-3,6-7,10-11H2,1H3. The number of ether oxygens (including phenoxy) is 1. The van der Waals surface area contributed by atoms with Crippen molar-refractivity contribution in [3.8, 4) is 5.75 Å². The summed E-state index contributed by atoms with van der Waals surface area (Å²) < 4.78 is 5.33. The summed E-state index contributed by atoms with van der Waals surface area (Å²) in [4.78, 5) is 1.24. The van der Waals surface area contributed by atoms with Crippen LogP contribution in [0.15, 0.2) is 29.2 Å². The quantitative estimate of drug-likeness (QED) is 0.619. The highest BCUT2D eigenvalue weighted by Gasteiger charge is 2.13. The summed E-state index contributed by atoms with van der Waals surface area (Å²) in [7, 11) is 1.73. The van der Waals surface area contributed by atoms with Gasteiger partial charge in [0.1, 0.15) is 5.75 Å². The molecule has 3 heteroatoms. The van der Waals surface area contributed by atoms with Gasteiger partial charge in [-0.25, -0.2) is 0 Å². The molecule has 0 spiro atoms. The molecule has 0 amide bonds. The van der Waals surface area contributed by atoms with Crippen LogP contribution in [0, 0.1) is 0 Å². The molecule has 0 aliphatic heterocycles. The number of hydrogen-bond donors (Lipinski definition) is 1. The Bertz CT molecular complexity index is 337. The maximum Gasteiger partial charge on any atom is 0.132 e.